The van der Waals surface area contributed by atoms with Crippen LogP contribution < -0.4 is 17.0 Å². The number of rotatable bonds is 2. The van der Waals surface area contributed by atoms with E-state index in [0.29, 0.717) is 5.69 Å². The summed E-state index contributed by atoms with van der Waals surface area (Å²) in [5, 5.41) is 30.8. The number of H-pyrrole nitrogens is 1. The molecule has 0 radical (unpaired) electrons. The van der Waals surface area contributed by atoms with E-state index in [9.17, 15) is 24.5 Å². The van der Waals surface area contributed by atoms with Crippen LogP contribution in [0.25, 0.3) is 22.3 Å². The minimum Gasteiger partial charge on any atom is -0.387 e. The van der Waals surface area contributed by atoms with Gasteiger partial charge in [-0.15, -0.1) is 5.10 Å². The van der Waals surface area contributed by atoms with Crippen molar-refractivity contribution in [1.29, 1.82) is 0 Å². The van der Waals surface area contributed by atoms with Gasteiger partial charge >= 0.3 is 7.82 Å². The number of anilines is 2. The lowest BCUT2D eigenvalue weighted by Crippen LogP contribution is -2.37. The molecule has 5 aromatic heterocycles. The predicted octanol–water partition coefficient (Wildman–Crippen LogP) is -2.67. The molecule has 5 aromatic rings. The maximum Gasteiger partial charge on any atom is 0.472 e. The molecule has 24 heteroatoms. The molecule has 4 bridgehead atoms. The Morgan fingerprint density at radius 3 is 2.55 bits per heavy atom. The summed E-state index contributed by atoms with van der Waals surface area (Å²) in [6, 6.07) is 0. The second kappa shape index (κ2) is 11.1. The molecule has 3 aliphatic rings. The molecule has 8 rings (SSSR count). The minimum absolute atomic E-state index is 0.0427. The number of phosphoric acid groups is 1. The predicted molar refractivity (Wildman–Crippen MR) is 151 cm³/mol. The smallest absolute Gasteiger partial charge is 0.387 e. The first-order valence-corrected chi connectivity index (χ1v) is 15.5. The summed E-state index contributed by atoms with van der Waals surface area (Å²) in [5.74, 6) is -0.0736. The second-order valence-corrected chi connectivity index (χ2v) is 12.4. The summed E-state index contributed by atoms with van der Waals surface area (Å²) in [6.45, 7) is -0.893. The van der Waals surface area contributed by atoms with Crippen molar-refractivity contribution in [1.82, 2.24) is 54.0 Å². The fourth-order valence-corrected chi connectivity index (χ4v) is 6.85. The molecule has 0 amide bonds. The fraction of sp³-hybridized carbons (Fsp3) is 0.478. The van der Waals surface area contributed by atoms with Crippen molar-refractivity contribution in [3.05, 3.63) is 41.2 Å². The molecular weight excluding hydrogens is 649 g/mol. The second-order valence-electron chi connectivity index (χ2n) is 11.0. The number of aromatic amines is 1. The average Bonchev–Trinajstić information content (AvgIpc) is 3.84. The first-order chi connectivity index (χ1) is 22.6. The number of aliphatic hydroxyl groups is 2. The van der Waals surface area contributed by atoms with Crippen molar-refractivity contribution in [2.75, 3.05) is 18.1 Å². The molecular formula is C23H26N13O10P. The lowest BCUT2D eigenvalue weighted by Gasteiger charge is -2.24. The lowest BCUT2D eigenvalue weighted by atomic mass is 10.1. The van der Waals surface area contributed by atoms with Gasteiger partial charge in [0.2, 0.25) is 5.95 Å². The van der Waals surface area contributed by atoms with E-state index >= 15 is 0 Å². The Kier molecular flexibility index (Phi) is 7.05. The molecule has 9 atom stereocenters. The first-order valence-electron chi connectivity index (χ1n) is 14.0. The van der Waals surface area contributed by atoms with Crippen LogP contribution in [0.4, 0.5) is 11.8 Å². The largest absolute Gasteiger partial charge is 0.472 e. The number of nitrogens with one attached hydrogen (secondary N) is 1. The van der Waals surface area contributed by atoms with E-state index in [4.69, 9.17) is 34.7 Å². The van der Waals surface area contributed by atoms with E-state index in [1.807, 2.05) is 0 Å². The molecule has 23 nitrogen and oxygen atoms in total. The van der Waals surface area contributed by atoms with Gasteiger partial charge in [0.15, 0.2) is 35.1 Å². The van der Waals surface area contributed by atoms with Gasteiger partial charge in [-0.1, -0.05) is 5.21 Å². The topological polar surface area (TPSA) is 314 Å². The van der Waals surface area contributed by atoms with Crippen LogP contribution in [-0.2, 0) is 41.0 Å². The van der Waals surface area contributed by atoms with Crippen molar-refractivity contribution >= 4 is 41.9 Å². The number of nitrogens with zero attached hydrogens (tertiary/aromatic N) is 10. The molecule has 8 N–H and O–H groups in total. The first kappa shape index (κ1) is 29.9. The van der Waals surface area contributed by atoms with Crippen molar-refractivity contribution in [2.24, 2.45) is 0 Å². The highest BCUT2D eigenvalue weighted by Gasteiger charge is 2.51. The molecule has 0 saturated carbocycles. The van der Waals surface area contributed by atoms with Crippen LogP contribution in [0, 0.1) is 0 Å². The van der Waals surface area contributed by atoms with Gasteiger partial charge in [0.05, 0.1) is 38.6 Å². The minimum atomic E-state index is -4.97. The summed E-state index contributed by atoms with van der Waals surface area (Å²) in [4.78, 5) is 46.0. The van der Waals surface area contributed by atoms with Crippen molar-refractivity contribution < 1.29 is 42.9 Å². The van der Waals surface area contributed by atoms with Gasteiger partial charge in [-0.2, -0.15) is 4.98 Å². The Balaban J connectivity index is 1.11. The number of phosphoric ester groups is 1. The highest BCUT2D eigenvalue weighted by molar-refractivity contribution is 7.47. The Bertz CT molecular complexity index is 2080. The van der Waals surface area contributed by atoms with Gasteiger partial charge in [0.25, 0.3) is 5.56 Å². The van der Waals surface area contributed by atoms with Crippen molar-refractivity contribution in [2.45, 2.75) is 62.2 Å². The molecule has 0 aliphatic carbocycles. The summed E-state index contributed by atoms with van der Waals surface area (Å²) in [5.41, 5.74) is 11.9. The number of nitrogens with two attached hydrogens (primary N) is 2. The van der Waals surface area contributed by atoms with Crippen LogP contribution in [0.3, 0.4) is 0 Å². The highest BCUT2D eigenvalue weighted by Crippen LogP contribution is 2.50. The van der Waals surface area contributed by atoms with Crippen LogP contribution in [0.2, 0.25) is 0 Å². The zero-order valence-corrected chi connectivity index (χ0v) is 24.7. The molecule has 3 aliphatic heterocycles. The summed E-state index contributed by atoms with van der Waals surface area (Å²) >= 11 is 0. The zero-order chi connectivity index (χ0) is 32.6. The van der Waals surface area contributed by atoms with Crippen molar-refractivity contribution in [3.8, 4) is 0 Å². The van der Waals surface area contributed by atoms with E-state index in [0.717, 1.165) is 0 Å². The van der Waals surface area contributed by atoms with Crippen molar-refractivity contribution in [3.63, 3.8) is 0 Å². The Labute approximate surface area is 260 Å². The van der Waals surface area contributed by atoms with Gasteiger partial charge in [0.1, 0.15) is 54.2 Å². The molecule has 2 saturated heterocycles. The summed E-state index contributed by atoms with van der Waals surface area (Å²) in [7, 11) is -4.97. The molecule has 47 heavy (non-hydrogen) atoms. The van der Waals surface area contributed by atoms with Gasteiger partial charge in [-0.3, -0.25) is 28.0 Å². The number of ether oxygens (including phenoxy) is 3. The number of aliphatic hydroxyl groups excluding tert-OH is 2. The fourth-order valence-electron chi connectivity index (χ4n) is 5.88. The summed E-state index contributed by atoms with van der Waals surface area (Å²) in [6.07, 6.45) is -4.83. The van der Waals surface area contributed by atoms with Gasteiger partial charge in [-0.25, -0.2) is 29.2 Å². The van der Waals surface area contributed by atoms with Gasteiger partial charge < -0.3 is 40.8 Å². The van der Waals surface area contributed by atoms with E-state index < -0.39 is 69.1 Å². The molecule has 8 heterocycles. The number of hydrogen-bond donors (Lipinski definition) is 6. The number of aromatic nitrogens is 11. The Hall–Kier alpha value is -4.45. The third-order valence-electron chi connectivity index (χ3n) is 8.04. The van der Waals surface area contributed by atoms with Crippen LogP contribution in [0.5, 0.6) is 0 Å². The quantitative estimate of drug-likeness (QED) is 0.104. The maximum absolute atomic E-state index is 13.3. The highest BCUT2D eigenvalue weighted by atomic mass is 31.2. The molecule has 9 unspecified atom stereocenters. The molecule has 0 aromatic carbocycles. The molecule has 0 spiro atoms. The van der Waals surface area contributed by atoms with Gasteiger partial charge in [-0.05, 0) is 0 Å². The standard InChI is InChI=1S/C23H26N13O10P/c24-17-11-18(27-5-26-17)35(6-28-11)21-14(38)15-9(44-21)2-34-1-8(32-33-34)3-42-16-13(37)10(4-43-47(40,41)46-15)45-22(16)36-7-29-12-19(36)30-23(25)31-20(12)39/h1,5-7,9-10,13-16,21-22,37-38H,2-4H2,(H,40,41)(H2,24,26,27)(H3,25,30,31,39). The third-order valence-corrected chi connectivity index (χ3v) is 9.03. The van der Waals surface area contributed by atoms with Crippen LogP contribution >= 0.6 is 7.82 Å². The zero-order valence-electron chi connectivity index (χ0n) is 23.8. The summed E-state index contributed by atoms with van der Waals surface area (Å²) < 4.78 is 46.4. The van der Waals surface area contributed by atoms with E-state index in [1.165, 1.54) is 39.0 Å². The Morgan fingerprint density at radius 1 is 0.957 bits per heavy atom. The Morgan fingerprint density at radius 2 is 1.72 bits per heavy atom. The maximum atomic E-state index is 13.3. The number of hydrogen-bond acceptors (Lipinski definition) is 18. The monoisotopic (exact) mass is 675 g/mol. The number of imidazole rings is 2. The van der Waals surface area contributed by atoms with Crippen LogP contribution in [0.15, 0.2) is 30.0 Å². The van der Waals surface area contributed by atoms with E-state index in [1.54, 1.807) is 0 Å². The number of nitrogen functional groups attached to an aromatic ring is 2. The van der Waals surface area contributed by atoms with E-state index in [2.05, 4.69) is 40.2 Å². The number of fused-ring (bicyclic) bond motifs is 7. The third kappa shape index (κ3) is 5.13. The molecule has 2 fully saturated rings. The SMILES string of the molecule is Nc1nc2c(ncn2C2OC3COP(=O)(O)OC4C(Cn5cc(nn5)COC2C3O)OC(n2cnc3c(N)ncnc32)C4O)c(=O)[nH]1. The molecule has 248 valence electrons. The van der Waals surface area contributed by atoms with Gasteiger partial charge in [0, 0.05) is 0 Å². The van der Waals surface area contributed by atoms with Crippen LogP contribution in [0.1, 0.15) is 18.1 Å². The average molecular weight is 676 g/mol. The van der Waals surface area contributed by atoms with Crippen LogP contribution in [-0.4, -0.2) is 112 Å². The van der Waals surface area contributed by atoms with E-state index in [-0.39, 0.29) is 47.2 Å². The normalized spacial score (nSPS) is 33.2. The lowest BCUT2D eigenvalue weighted by molar-refractivity contribution is -0.0774.